The third-order valence-electron chi connectivity index (χ3n) is 9.59. The maximum atomic E-state index is 12.6. The Morgan fingerprint density at radius 3 is 2.74 bits per heavy atom. The fraction of sp³-hybridized carbons (Fsp3) is 0.567. The van der Waals surface area contributed by atoms with Crippen LogP contribution >= 0.6 is 0 Å². The SMILES string of the molecule is C=C1c2ccc3c(c2CN1C1CCC(=O)NC1=O)OCC31CCN(Cc2cnn(CC3CCOCC3)c2)CC1. The number of ether oxygens (including phenoxy) is 2. The Kier molecular flexibility index (Phi) is 6.23. The van der Waals surface area contributed by atoms with E-state index in [4.69, 9.17) is 9.47 Å². The van der Waals surface area contributed by atoms with E-state index in [0.29, 0.717) is 31.9 Å². The zero-order chi connectivity index (χ0) is 26.6. The molecule has 5 aliphatic rings. The molecule has 6 heterocycles. The van der Waals surface area contributed by atoms with Gasteiger partial charge in [0.05, 0.1) is 12.8 Å². The van der Waals surface area contributed by atoms with E-state index in [1.807, 2.05) is 11.1 Å². The summed E-state index contributed by atoms with van der Waals surface area (Å²) in [4.78, 5) is 28.8. The van der Waals surface area contributed by atoms with Crippen LogP contribution in [0.5, 0.6) is 5.75 Å². The molecule has 0 bridgehead atoms. The Morgan fingerprint density at radius 1 is 1.13 bits per heavy atom. The van der Waals surface area contributed by atoms with Crippen LogP contribution in [0.3, 0.4) is 0 Å². The largest absolute Gasteiger partial charge is 0.492 e. The van der Waals surface area contributed by atoms with Crippen molar-refractivity contribution in [3.8, 4) is 5.75 Å². The molecule has 3 fully saturated rings. The summed E-state index contributed by atoms with van der Waals surface area (Å²) in [5, 5.41) is 7.13. The van der Waals surface area contributed by atoms with Crippen molar-refractivity contribution in [2.24, 2.45) is 5.92 Å². The van der Waals surface area contributed by atoms with Crippen molar-refractivity contribution in [2.45, 2.75) is 69.6 Å². The second-order valence-corrected chi connectivity index (χ2v) is 12.0. The van der Waals surface area contributed by atoms with E-state index in [2.05, 4.69) is 44.9 Å². The Hall–Kier alpha value is -3.17. The van der Waals surface area contributed by atoms with Gasteiger partial charge in [-0.25, -0.2) is 0 Å². The van der Waals surface area contributed by atoms with Gasteiger partial charge >= 0.3 is 0 Å². The number of carbonyl (C=O) groups excluding carboxylic acids is 2. The van der Waals surface area contributed by atoms with Crippen LogP contribution in [0.15, 0.2) is 31.1 Å². The first-order valence-electron chi connectivity index (χ1n) is 14.4. The summed E-state index contributed by atoms with van der Waals surface area (Å²) in [6, 6.07) is 4.03. The van der Waals surface area contributed by atoms with Gasteiger partial charge in [0.25, 0.3) is 0 Å². The summed E-state index contributed by atoms with van der Waals surface area (Å²) in [5.74, 6) is 1.24. The zero-order valence-corrected chi connectivity index (χ0v) is 22.5. The number of likely N-dealkylation sites (tertiary alicyclic amines) is 1. The molecule has 1 atom stereocenters. The lowest BCUT2D eigenvalue weighted by molar-refractivity contribution is -0.136. The number of piperidine rings is 2. The first kappa shape index (κ1) is 24.8. The van der Waals surface area contributed by atoms with E-state index in [1.54, 1.807) is 0 Å². The second-order valence-electron chi connectivity index (χ2n) is 12.0. The molecule has 1 N–H and O–H groups in total. The number of amides is 2. The Balaban J connectivity index is 1.00. The lowest BCUT2D eigenvalue weighted by Gasteiger charge is -2.38. The Morgan fingerprint density at radius 2 is 1.95 bits per heavy atom. The molecule has 5 aliphatic heterocycles. The van der Waals surface area contributed by atoms with E-state index < -0.39 is 0 Å². The van der Waals surface area contributed by atoms with Gasteiger partial charge in [-0.3, -0.25) is 24.5 Å². The van der Waals surface area contributed by atoms with Gasteiger partial charge in [-0.2, -0.15) is 5.10 Å². The van der Waals surface area contributed by atoms with Gasteiger partial charge in [0.2, 0.25) is 11.8 Å². The van der Waals surface area contributed by atoms with Gasteiger partial charge in [-0.15, -0.1) is 0 Å². The number of nitrogens with one attached hydrogen (secondary N) is 1. The summed E-state index contributed by atoms with van der Waals surface area (Å²) in [6.07, 6.45) is 9.51. The smallest absolute Gasteiger partial charge is 0.249 e. The normalized spacial score (nSPS) is 25.1. The van der Waals surface area contributed by atoms with Gasteiger partial charge in [-0.1, -0.05) is 18.7 Å². The number of imide groups is 1. The molecule has 2 amide bonds. The second kappa shape index (κ2) is 9.78. The molecule has 0 saturated carbocycles. The molecule has 9 heteroatoms. The average Bonchev–Trinajstić information content (AvgIpc) is 3.63. The molecule has 1 unspecified atom stereocenters. The van der Waals surface area contributed by atoms with Crippen LogP contribution in [0.2, 0.25) is 0 Å². The lowest BCUT2D eigenvalue weighted by Crippen LogP contribution is -2.50. The number of benzene rings is 1. The summed E-state index contributed by atoms with van der Waals surface area (Å²) < 4.78 is 14.0. The Labute approximate surface area is 229 Å². The molecule has 39 heavy (non-hydrogen) atoms. The highest BCUT2D eigenvalue weighted by molar-refractivity contribution is 6.01. The molecule has 3 saturated heterocycles. The maximum Gasteiger partial charge on any atom is 0.249 e. The lowest BCUT2D eigenvalue weighted by atomic mass is 9.74. The summed E-state index contributed by atoms with van der Waals surface area (Å²) >= 11 is 0. The molecular weight excluding hydrogens is 494 g/mol. The molecule has 2 aromatic rings. The highest BCUT2D eigenvalue weighted by atomic mass is 16.5. The first-order chi connectivity index (χ1) is 19.0. The predicted molar refractivity (Wildman–Crippen MR) is 145 cm³/mol. The molecule has 0 radical (unpaired) electrons. The van der Waals surface area contributed by atoms with E-state index in [-0.39, 0.29) is 23.3 Å². The fourth-order valence-electron chi connectivity index (χ4n) is 7.22. The third-order valence-corrected chi connectivity index (χ3v) is 9.59. The number of aromatic nitrogens is 2. The quantitative estimate of drug-likeness (QED) is 0.594. The van der Waals surface area contributed by atoms with E-state index in [1.165, 1.54) is 11.1 Å². The number of rotatable bonds is 5. The van der Waals surface area contributed by atoms with E-state index >= 15 is 0 Å². The summed E-state index contributed by atoms with van der Waals surface area (Å²) in [7, 11) is 0. The number of fused-ring (bicyclic) bond motifs is 4. The third kappa shape index (κ3) is 4.45. The molecule has 1 aromatic carbocycles. The summed E-state index contributed by atoms with van der Waals surface area (Å²) in [6.45, 7) is 11.3. The minimum atomic E-state index is -0.363. The van der Waals surface area contributed by atoms with Crippen molar-refractivity contribution >= 4 is 17.5 Å². The van der Waals surface area contributed by atoms with Crippen LogP contribution in [0.1, 0.15) is 60.8 Å². The van der Waals surface area contributed by atoms with Gasteiger partial charge in [0.1, 0.15) is 11.8 Å². The fourth-order valence-corrected chi connectivity index (χ4v) is 7.22. The number of carbonyl (C=O) groups is 2. The minimum Gasteiger partial charge on any atom is -0.492 e. The number of hydrogen-bond donors (Lipinski definition) is 1. The molecule has 1 aromatic heterocycles. The monoisotopic (exact) mass is 531 g/mol. The van der Waals surface area contributed by atoms with Gasteiger partial charge in [0, 0.05) is 78.8 Å². The van der Waals surface area contributed by atoms with Crippen LogP contribution < -0.4 is 10.1 Å². The van der Waals surface area contributed by atoms with Crippen molar-refractivity contribution in [1.82, 2.24) is 24.9 Å². The van der Waals surface area contributed by atoms with Crippen LogP contribution in [-0.4, -0.2) is 70.3 Å². The van der Waals surface area contributed by atoms with Crippen LogP contribution in [0.4, 0.5) is 0 Å². The molecule has 7 rings (SSSR count). The number of hydrogen-bond acceptors (Lipinski definition) is 7. The molecular formula is C30H37N5O4. The highest BCUT2D eigenvalue weighted by Gasteiger charge is 2.46. The molecule has 0 aliphatic carbocycles. The average molecular weight is 532 g/mol. The van der Waals surface area contributed by atoms with Crippen molar-refractivity contribution in [2.75, 3.05) is 32.9 Å². The minimum absolute atomic E-state index is 0.0392. The van der Waals surface area contributed by atoms with Crippen molar-refractivity contribution in [1.29, 1.82) is 0 Å². The van der Waals surface area contributed by atoms with E-state index in [0.717, 1.165) is 87.6 Å². The van der Waals surface area contributed by atoms with Crippen LogP contribution in [0, 0.1) is 5.92 Å². The molecule has 1 spiro atoms. The van der Waals surface area contributed by atoms with Gasteiger partial charge in [0.15, 0.2) is 0 Å². The maximum absolute atomic E-state index is 12.6. The van der Waals surface area contributed by atoms with Crippen molar-refractivity contribution < 1.29 is 19.1 Å². The van der Waals surface area contributed by atoms with Gasteiger partial charge < -0.3 is 14.4 Å². The van der Waals surface area contributed by atoms with Crippen molar-refractivity contribution in [3.05, 3.63) is 53.4 Å². The van der Waals surface area contributed by atoms with Gasteiger partial charge in [-0.05, 0) is 51.1 Å². The highest BCUT2D eigenvalue weighted by Crippen LogP contribution is 2.51. The summed E-state index contributed by atoms with van der Waals surface area (Å²) in [5.41, 5.74) is 5.68. The standard InChI is InChI=1S/C30H37N5O4/c1-20-23-2-3-25-28(24(23)18-35(20)26-4-5-27(36)32-29(26)37)39-19-30(25)8-10-33(11-9-30)15-22-14-31-34(17-22)16-21-6-12-38-13-7-21/h2-3,14,17,21,26H,1,4-13,15-16,18-19H2,(H,32,36,37). The molecule has 206 valence electrons. The Bertz CT molecular complexity index is 1300. The molecule has 9 nitrogen and oxygen atoms in total. The van der Waals surface area contributed by atoms with Crippen LogP contribution in [-0.2, 0) is 39.4 Å². The number of nitrogens with zero attached hydrogens (tertiary/aromatic N) is 4. The van der Waals surface area contributed by atoms with Crippen molar-refractivity contribution in [3.63, 3.8) is 0 Å². The topological polar surface area (TPSA) is 88.9 Å². The predicted octanol–water partition coefficient (Wildman–Crippen LogP) is 2.83. The van der Waals surface area contributed by atoms with Crippen LogP contribution in [0.25, 0.3) is 5.70 Å². The zero-order valence-electron chi connectivity index (χ0n) is 22.5. The first-order valence-corrected chi connectivity index (χ1v) is 14.4. The van der Waals surface area contributed by atoms with E-state index in [9.17, 15) is 9.59 Å².